The standard InChI is InChI=1S/C15H14N2O8/c1-2-3-4-12(20)16(9-11(19)5-7-14(22)23)17(10-18)13(21)6-8-15(24)25/h10H,2-4,9H2,1H3,(H,22,23)(H,24,25). The Balaban J connectivity index is 5.54. The van der Waals surface area contributed by atoms with Crippen LogP contribution in [0.25, 0.3) is 0 Å². The van der Waals surface area contributed by atoms with Gasteiger partial charge >= 0.3 is 17.8 Å². The van der Waals surface area contributed by atoms with Crippen molar-refractivity contribution in [3.05, 3.63) is 0 Å². The van der Waals surface area contributed by atoms with Crippen molar-refractivity contribution < 1.29 is 39.0 Å². The Morgan fingerprint density at radius 2 is 1.52 bits per heavy atom. The van der Waals surface area contributed by atoms with Crippen molar-refractivity contribution in [2.45, 2.75) is 26.2 Å². The summed E-state index contributed by atoms with van der Waals surface area (Å²) in [6.07, 6.45) is 0.785. The number of carbonyl (C=O) groups excluding carboxylic acids is 4. The number of amides is 3. The molecule has 0 spiro atoms. The van der Waals surface area contributed by atoms with Gasteiger partial charge in [0.05, 0.1) is 0 Å². The van der Waals surface area contributed by atoms with E-state index in [1.165, 1.54) is 5.92 Å². The number of carbonyl (C=O) groups is 6. The lowest BCUT2D eigenvalue weighted by molar-refractivity contribution is -0.165. The second-order valence-electron chi connectivity index (χ2n) is 4.34. The van der Waals surface area contributed by atoms with Gasteiger partial charge in [0.25, 0.3) is 0 Å². The van der Waals surface area contributed by atoms with Crippen molar-refractivity contribution >= 4 is 35.9 Å². The highest BCUT2D eigenvalue weighted by Gasteiger charge is 2.26. The topological polar surface area (TPSA) is 149 Å². The van der Waals surface area contributed by atoms with Crippen molar-refractivity contribution in [3.63, 3.8) is 0 Å². The van der Waals surface area contributed by atoms with Crippen molar-refractivity contribution in [2.24, 2.45) is 0 Å². The van der Waals surface area contributed by atoms with Crippen molar-refractivity contribution in [1.29, 1.82) is 0 Å². The highest BCUT2D eigenvalue weighted by Crippen LogP contribution is 2.05. The Kier molecular flexibility index (Phi) is 9.36. The number of unbranched alkanes of at least 4 members (excludes halogenated alkanes) is 1. The number of Topliss-reactive ketones (excluding diaryl/α,β-unsaturated/α-hetero) is 1. The van der Waals surface area contributed by atoms with Gasteiger partial charge in [-0.2, -0.15) is 5.01 Å². The summed E-state index contributed by atoms with van der Waals surface area (Å²) in [7, 11) is 0. The Hall–Kier alpha value is -3.66. The zero-order valence-corrected chi connectivity index (χ0v) is 13.1. The minimum Gasteiger partial charge on any atom is -0.472 e. The summed E-state index contributed by atoms with van der Waals surface area (Å²) in [5.41, 5.74) is 0. The lowest BCUT2D eigenvalue weighted by Gasteiger charge is -2.27. The number of carboxylic acid groups (broad SMARTS) is 2. The van der Waals surface area contributed by atoms with E-state index >= 15 is 0 Å². The number of hydrogen-bond acceptors (Lipinski definition) is 6. The van der Waals surface area contributed by atoms with E-state index in [9.17, 15) is 28.8 Å². The van der Waals surface area contributed by atoms with Gasteiger partial charge in [-0.05, 0) is 12.3 Å². The van der Waals surface area contributed by atoms with Crippen LogP contribution in [0.1, 0.15) is 26.2 Å². The molecule has 0 aliphatic heterocycles. The highest BCUT2D eigenvalue weighted by molar-refractivity contribution is 6.06. The molecule has 0 unspecified atom stereocenters. The lowest BCUT2D eigenvalue weighted by atomic mass is 10.2. The number of carboxylic acids is 2. The van der Waals surface area contributed by atoms with Gasteiger partial charge in [0.2, 0.25) is 18.1 Å². The number of imide groups is 1. The molecule has 0 radical (unpaired) electrons. The van der Waals surface area contributed by atoms with Crippen LogP contribution in [0.15, 0.2) is 0 Å². The zero-order chi connectivity index (χ0) is 19.4. The van der Waals surface area contributed by atoms with Crippen LogP contribution in [0.5, 0.6) is 0 Å². The summed E-state index contributed by atoms with van der Waals surface area (Å²) < 4.78 is 0. The number of hydrazine groups is 1. The Bertz CT molecular complexity index is 705. The average molecular weight is 350 g/mol. The first-order valence-electron chi connectivity index (χ1n) is 6.84. The number of nitrogens with zero attached hydrogens (tertiary/aromatic N) is 2. The molecule has 10 nitrogen and oxygen atoms in total. The maximum atomic E-state index is 12.1. The third kappa shape index (κ3) is 8.52. The minimum absolute atomic E-state index is 0.111. The normalized spacial score (nSPS) is 8.68. The highest BCUT2D eigenvalue weighted by atomic mass is 16.4. The summed E-state index contributed by atoms with van der Waals surface area (Å²) in [4.78, 5) is 67.3. The minimum atomic E-state index is -1.63. The maximum absolute atomic E-state index is 12.1. The zero-order valence-electron chi connectivity index (χ0n) is 13.1. The van der Waals surface area contributed by atoms with Crippen molar-refractivity contribution in [3.8, 4) is 23.7 Å². The molecule has 10 heteroatoms. The quantitative estimate of drug-likeness (QED) is 0.258. The van der Waals surface area contributed by atoms with Crippen LogP contribution in [0.4, 0.5) is 0 Å². The molecule has 0 atom stereocenters. The molecule has 0 heterocycles. The van der Waals surface area contributed by atoms with E-state index in [0.29, 0.717) is 17.9 Å². The first-order chi connectivity index (χ1) is 11.7. The third-order valence-corrected chi connectivity index (χ3v) is 2.48. The lowest BCUT2D eigenvalue weighted by Crippen LogP contribution is -2.50. The molecule has 0 saturated carbocycles. The van der Waals surface area contributed by atoms with Crippen LogP contribution in [0.2, 0.25) is 0 Å². The Morgan fingerprint density at radius 3 is 2.00 bits per heavy atom. The van der Waals surface area contributed by atoms with Gasteiger partial charge < -0.3 is 10.2 Å². The summed E-state index contributed by atoms with van der Waals surface area (Å²) in [5, 5.41) is 17.4. The van der Waals surface area contributed by atoms with Crippen LogP contribution >= 0.6 is 0 Å². The van der Waals surface area contributed by atoms with E-state index in [-0.39, 0.29) is 17.8 Å². The van der Waals surface area contributed by atoms with Crippen LogP contribution < -0.4 is 0 Å². The fraction of sp³-hybridized carbons (Fsp3) is 0.333. The number of aliphatic carboxylic acids is 2. The van der Waals surface area contributed by atoms with Crippen LogP contribution in [-0.4, -0.2) is 62.7 Å². The third-order valence-electron chi connectivity index (χ3n) is 2.48. The van der Waals surface area contributed by atoms with Crippen molar-refractivity contribution in [1.82, 2.24) is 10.0 Å². The predicted molar refractivity (Wildman–Crippen MR) is 80.0 cm³/mol. The molecule has 0 aromatic carbocycles. The van der Waals surface area contributed by atoms with E-state index in [1.807, 2.05) is 0 Å². The summed E-state index contributed by atoms with van der Waals surface area (Å²) >= 11 is 0. The number of hydrogen-bond donors (Lipinski definition) is 2. The van der Waals surface area contributed by atoms with Gasteiger partial charge in [0.1, 0.15) is 6.54 Å². The first-order valence-corrected chi connectivity index (χ1v) is 6.84. The van der Waals surface area contributed by atoms with Gasteiger partial charge in [-0.25, -0.2) is 14.6 Å². The Morgan fingerprint density at radius 1 is 0.960 bits per heavy atom. The molecule has 0 aromatic rings. The second-order valence-corrected chi connectivity index (χ2v) is 4.34. The first kappa shape index (κ1) is 21.3. The van der Waals surface area contributed by atoms with Crippen LogP contribution in [0, 0.1) is 23.7 Å². The molecule has 0 saturated heterocycles. The molecule has 0 aliphatic carbocycles. The molecule has 25 heavy (non-hydrogen) atoms. The van der Waals surface area contributed by atoms with Gasteiger partial charge in [-0.3, -0.25) is 19.2 Å². The number of rotatable bonds is 6. The SMILES string of the molecule is CCCCC(=O)N(CC(=O)C#CC(=O)O)N(C=O)C(=O)C#CC(=O)O. The van der Waals surface area contributed by atoms with E-state index in [4.69, 9.17) is 10.2 Å². The predicted octanol–water partition coefficient (Wildman–Crippen LogP) is -1.35. The van der Waals surface area contributed by atoms with E-state index < -0.39 is 36.1 Å². The monoisotopic (exact) mass is 350 g/mol. The second kappa shape index (κ2) is 11.0. The number of ketones is 1. The molecular formula is C15H14N2O8. The molecular weight excluding hydrogens is 336 g/mol. The van der Waals surface area contributed by atoms with E-state index in [2.05, 4.69) is 0 Å². The van der Waals surface area contributed by atoms with Crippen LogP contribution in [0.3, 0.4) is 0 Å². The fourth-order valence-corrected chi connectivity index (χ4v) is 1.42. The molecule has 0 aliphatic rings. The molecule has 0 bridgehead atoms. The molecule has 0 rings (SSSR count). The summed E-state index contributed by atoms with van der Waals surface area (Å²) in [6, 6.07) is 0. The van der Waals surface area contributed by atoms with Gasteiger partial charge in [-0.15, -0.1) is 0 Å². The van der Waals surface area contributed by atoms with Gasteiger partial charge in [0.15, 0.2) is 0 Å². The summed E-state index contributed by atoms with van der Waals surface area (Å²) in [5.74, 6) is -0.0224. The largest absolute Gasteiger partial charge is 0.472 e. The van der Waals surface area contributed by atoms with E-state index in [0.717, 1.165) is 0 Å². The Labute approximate surface area is 142 Å². The smallest absolute Gasteiger partial charge is 0.382 e. The van der Waals surface area contributed by atoms with Crippen LogP contribution in [-0.2, 0) is 28.8 Å². The molecule has 0 fully saturated rings. The molecule has 0 aromatic heterocycles. The molecule has 132 valence electrons. The van der Waals surface area contributed by atoms with Crippen molar-refractivity contribution in [2.75, 3.05) is 6.54 Å². The summed E-state index contributed by atoms with van der Waals surface area (Å²) in [6.45, 7) is 0.907. The maximum Gasteiger partial charge on any atom is 0.382 e. The van der Waals surface area contributed by atoms with E-state index in [1.54, 1.807) is 24.7 Å². The fourth-order valence-electron chi connectivity index (χ4n) is 1.42. The molecule has 3 amide bonds. The average Bonchev–Trinajstić information content (AvgIpc) is 2.55. The molecule has 2 N–H and O–H groups in total. The van der Waals surface area contributed by atoms with Gasteiger partial charge in [0, 0.05) is 24.2 Å². The van der Waals surface area contributed by atoms with Gasteiger partial charge in [-0.1, -0.05) is 13.3 Å².